The van der Waals surface area contributed by atoms with Crippen LogP contribution in [0.15, 0.2) is 54.6 Å². The molecule has 0 unspecified atom stereocenters. The third-order valence-corrected chi connectivity index (χ3v) is 6.06. The van der Waals surface area contributed by atoms with Crippen molar-refractivity contribution in [3.63, 3.8) is 0 Å². The van der Waals surface area contributed by atoms with Gasteiger partial charge in [-0.05, 0) is 65.3 Å². The van der Waals surface area contributed by atoms with Gasteiger partial charge < -0.3 is 0 Å². The molecule has 0 aromatic heterocycles. The van der Waals surface area contributed by atoms with Gasteiger partial charge in [0.15, 0.2) is 0 Å². The number of rotatable bonds is 6. The quantitative estimate of drug-likeness (QED) is 0.180. The van der Waals surface area contributed by atoms with Crippen LogP contribution in [0.2, 0.25) is 0 Å². The number of fused-ring (bicyclic) bond motifs is 1. The summed E-state index contributed by atoms with van der Waals surface area (Å²) < 4.78 is 112. The van der Waals surface area contributed by atoms with E-state index in [2.05, 4.69) is 6.92 Å². The van der Waals surface area contributed by atoms with Crippen LogP contribution in [0, 0.1) is 29.1 Å². The number of hydrogen-bond donors (Lipinski definition) is 0. The van der Waals surface area contributed by atoms with Crippen molar-refractivity contribution in [1.29, 1.82) is 0 Å². The SMILES string of the molecule is CCCCCc1ccc(-c2cc(F)c(-c3ccc4c(F)c(C(F)(F)F)c(F)cc4c3)c(F)c2)c(F)c1. The lowest BCUT2D eigenvalue weighted by atomic mass is 9.95. The highest BCUT2D eigenvalue weighted by atomic mass is 19.4. The summed E-state index contributed by atoms with van der Waals surface area (Å²) in [7, 11) is 0. The first kappa shape index (κ1) is 25.7. The number of hydrogen-bond acceptors (Lipinski definition) is 0. The average Bonchev–Trinajstić information content (AvgIpc) is 2.77. The van der Waals surface area contributed by atoms with Gasteiger partial charge in [-0.25, -0.2) is 22.0 Å². The number of unbranched alkanes of at least 4 members (excludes halogenated alkanes) is 2. The van der Waals surface area contributed by atoms with Gasteiger partial charge in [0.05, 0.1) is 5.56 Å². The normalized spacial score (nSPS) is 11.9. The van der Waals surface area contributed by atoms with Crippen molar-refractivity contribution in [2.24, 2.45) is 0 Å². The molecular formula is C28H20F8. The third-order valence-electron chi connectivity index (χ3n) is 6.06. The predicted molar refractivity (Wildman–Crippen MR) is 123 cm³/mol. The molecule has 0 aliphatic carbocycles. The largest absolute Gasteiger partial charge is 0.422 e. The van der Waals surface area contributed by atoms with Crippen molar-refractivity contribution in [3.05, 3.63) is 94.8 Å². The molecule has 0 nitrogen and oxygen atoms in total. The van der Waals surface area contributed by atoms with Gasteiger partial charge in [0, 0.05) is 10.9 Å². The highest BCUT2D eigenvalue weighted by Crippen LogP contribution is 2.39. The molecule has 0 N–H and O–H groups in total. The van der Waals surface area contributed by atoms with Crippen LogP contribution in [-0.4, -0.2) is 0 Å². The van der Waals surface area contributed by atoms with Crippen molar-refractivity contribution in [3.8, 4) is 22.3 Å². The summed E-state index contributed by atoms with van der Waals surface area (Å²) in [5.74, 6) is -6.41. The minimum absolute atomic E-state index is 0.000857. The van der Waals surface area contributed by atoms with E-state index in [0.717, 1.165) is 55.2 Å². The summed E-state index contributed by atoms with van der Waals surface area (Å²) in [5.41, 5.74) is -2.01. The Labute approximate surface area is 202 Å². The van der Waals surface area contributed by atoms with Crippen LogP contribution in [0.3, 0.4) is 0 Å². The zero-order chi connectivity index (χ0) is 26.2. The molecule has 0 aliphatic rings. The molecule has 0 bridgehead atoms. The minimum Gasteiger partial charge on any atom is -0.206 e. The summed E-state index contributed by atoms with van der Waals surface area (Å²) in [6.45, 7) is 2.05. The van der Waals surface area contributed by atoms with Gasteiger partial charge in [-0.15, -0.1) is 0 Å². The summed E-state index contributed by atoms with van der Waals surface area (Å²) in [6, 6.07) is 9.74. The minimum atomic E-state index is -5.25. The van der Waals surface area contributed by atoms with Gasteiger partial charge in [0.25, 0.3) is 0 Å². The van der Waals surface area contributed by atoms with Gasteiger partial charge in [-0.1, -0.05) is 44.0 Å². The first-order chi connectivity index (χ1) is 17.0. The molecule has 188 valence electrons. The summed E-state index contributed by atoms with van der Waals surface area (Å²) in [4.78, 5) is 0. The second-order valence-corrected chi connectivity index (χ2v) is 8.57. The van der Waals surface area contributed by atoms with Crippen LogP contribution in [0.5, 0.6) is 0 Å². The molecule has 8 heteroatoms. The second kappa shape index (κ2) is 9.91. The van der Waals surface area contributed by atoms with E-state index < -0.39 is 51.8 Å². The fraction of sp³-hybridized carbons (Fsp3) is 0.214. The monoisotopic (exact) mass is 508 g/mol. The third kappa shape index (κ3) is 4.94. The van der Waals surface area contributed by atoms with Gasteiger partial charge >= 0.3 is 6.18 Å². The van der Waals surface area contributed by atoms with E-state index in [-0.39, 0.29) is 22.1 Å². The van der Waals surface area contributed by atoms with E-state index >= 15 is 8.78 Å². The lowest BCUT2D eigenvalue weighted by Crippen LogP contribution is -2.11. The van der Waals surface area contributed by atoms with E-state index in [0.29, 0.717) is 12.5 Å². The van der Waals surface area contributed by atoms with Crippen molar-refractivity contribution in [1.82, 2.24) is 0 Å². The topological polar surface area (TPSA) is 0 Å². The molecule has 0 amide bonds. The Morgan fingerprint density at radius 1 is 0.667 bits per heavy atom. The van der Waals surface area contributed by atoms with Gasteiger partial charge in [-0.2, -0.15) is 13.2 Å². The molecule has 0 saturated carbocycles. The fourth-order valence-electron chi connectivity index (χ4n) is 4.28. The Kier molecular flexibility index (Phi) is 7.07. The molecule has 0 spiro atoms. The first-order valence-corrected chi connectivity index (χ1v) is 11.3. The zero-order valence-electron chi connectivity index (χ0n) is 19.0. The Hall–Kier alpha value is -3.42. The molecule has 4 rings (SSSR count). The molecule has 0 aliphatic heterocycles. The van der Waals surface area contributed by atoms with Gasteiger partial charge in [0.2, 0.25) is 0 Å². The van der Waals surface area contributed by atoms with E-state index in [1.807, 2.05) is 0 Å². The zero-order valence-corrected chi connectivity index (χ0v) is 19.0. The Morgan fingerprint density at radius 3 is 1.97 bits per heavy atom. The van der Waals surface area contributed by atoms with Crippen LogP contribution >= 0.6 is 0 Å². The highest BCUT2D eigenvalue weighted by Gasteiger charge is 2.38. The maximum Gasteiger partial charge on any atom is 0.422 e. The van der Waals surface area contributed by atoms with E-state index in [9.17, 15) is 26.3 Å². The lowest BCUT2D eigenvalue weighted by Gasteiger charge is -2.13. The number of benzene rings is 4. The number of halogens is 8. The number of alkyl halides is 3. The van der Waals surface area contributed by atoms with E-state index in [4.69, 9.17) is 0 Å². The molecule has 36 heavy (non-hydrogen) atoms. The summed E-state index contributed by atoms with van der Waals surface area (Å²) >= 11 is 0. The maximum absolute atomic E-state index is 15.0. The van der Waals surface area contributed by atoms with Crippen LogP contribution in [0.25, 0.3) is 33.0 Å². The van der Waals surface area contributed by atoms with Crippen LogP contribution in [0.1, 0.15) is 37.3 Å². The molecule has 0 fully saturated rings. The molecule has 0 radical (unpaired) electrons. The smallest absolute Gasteiger partial charge is 0.206 e. The fourth-order valence-corrected chi connectivity index (χ4v) is 4.28. The standard InChI is InChI=1S/C28H20F8/c1-2-3-4-5-15-6-8-19(21(29)10-15)18-12-22(30)25(23(31)13-18)16-7-9-20-17(11-16)14-24(32)26(27(20)33)28(34,35)36/h6-14H,2-5H2,1H3. The van der Waals surface area contributed by atoms with Gasteiger partial charge in [0.1, 0.15) is 34.6 Å². The molecular weight excluding hydrogens is 488 g/mol. The van der Waals surface area contributed by atoms with Crippen LogP contribution in [-0.2, 0) is 12.6 Å². The summed E-state index contributed by atoms with van der Waals surface area (Å²) in [6.07, 6.45) is -1.66. The molecule has 0 atom stereocenters. The average molecular weight is 508 g/mol. The predicted octanol–water partition coefficient (Wildman–Crippen LogP) is 9.62. The molecule has 0 heterocycles. The van der Waals surface area contributed by atoms with E-state index in [1.165, 1.54) is 12.1 Å². The molecule has 4 aromatic rings. The second-order valence-electron chi connectivity index (χ2n) is 8.57. The van der Waals surface area contributed by atoms with Crippen molar-refractivity contribution in [2.75, 3.05) is 0 Å². The first-order valence-electron chi connectivity index (χ1n) is 11.3. The van der Waals surface area contributed by atoms with Crippen LogP contribution in [0.4, 0.5) is 35.1 Å². The number of aryl methyl sites for hydroxylation is 1. The van der Waals surface area contributed by atoms with Crippen molar-refractivity contribution in [2.45, 2.75) is 38.8 Å². The summed E-state index contributed by atoms with van der Waals surface area (Å²) in [5, 5.41) is -0.853. The van der Waals surface area contributed by atoms with Crippen molar-refractivity contribution >= 4 is 10.8 Å². The molecule has 0 saturated heterocycles. The Bertz CT molecular complexity index is 1410. The maximum atomic E-state index is 15.0. The Balaban J connectivity index is 1.73. The van der Waals surface area contributed by atoms with Gasteiger partial charge in [-0.3, -0.25) is 0 Å². The Morgan fingerprint density at radius 2 is 1.36 bits per heavy atom. The van der Waals surface area contributed by atoms with Crippen LogP contribution < -0.4 is 0 Å². The highest BCUT2D eigenvalue weighted by molar-refractivity contribution is 5.89. The molecule has 4 aromatic carbocycles. The van der Waals surface area contributed by atoms with Crippen molar-refractivity contribution < 1.29 is 35.1 Å². The van der Waals surface area contributed by atoms with E-state index in [1.54, 1.807) is 6.07 Å². The lowest BCUT2D eigenvalue weighted by molar-refractivity contribution is -0.142.